The van der Waals surface area contributed by atoms with Crippen LogP contribution in [0.2, 0.25) is 0 Å². The predicted octanol–water partition coefficient (Wildman–Crippen LogP) is 4.58. The number of aliphatic carboxylic acids is 1. The molecule has 2 N–H and O–H groups in total. The molecule has 0 spiro atoms. The minimum absolute atomic E-state index is 0.0943. The van der Waals surface area contributed by atoms with Crippen molar-refractivity contribution < 1.29 is 24.2 Å². The minimum Gasteiger partial charge on any atom is -0.480 e. The van der Waals surface area contributed by atoms with E-state index in [1.807, 2.05) is 66.7 Å². The lowest BCUT2D eigenvalue weighted by Gasteiger charge is -2.22. The molecule has 0 heterocycles. The molecule has 0 saturated heterocycles. The number of fused-ring (bicyclic) bond motifs is 3. The Bertz CT molecular complexity index is 1050. The number of alkyl carbamates (subject to hydrolysis) is 1. The van der Waals surface area contributed by atoms with Gasteiger partial charge in [0.1, 0.15) is 6.61 Å². The summed E-state index contributed by atoms with van der Waals surface area (Å²) >= 11 is 0. The number of ether oxygens (including phenoxy) is 2. The fourth-order valence-electron chi connectivity index (χ4n) is 4.05. The van der Waals surface area contributed by atoms with E-state index in [1.54, 1.807) is 6.92 Å². The first-order chi connectivity index (χ1) is 15.5. The summed E-state index contributed by atoms with van der Waals surface area (Å²) in [7, 11) is 0. The molecular formula is C26H25NO5. The molecule has 0 aliphatic heterocycles. The van der Waals surface area contributed by atoms with E-state index in [9.17, 15) is 14.7 Å². The summed E-state index contributed by atoms with van der Waals surface area (Å²) in [6.07, 6.45) is -1.53. The second-order valence-electron chi connectivity index (χ2n) is 7.79. The zero-order valence-electron chi connectivity index (χ0n) is 17.7. The van der Waals surface area contributed by atoms with E-state index < -0.39 is 24.2 Å². The van der Waals surface area contributed by atoms with Crippen LogP contribution in [0.15, 0.2) is 78.9 Å². The first-order valence-electron chi connectivity index (χ1n) is 10.5. The molecule has 0 radical (unpaired) electrons. The van der Waals surface area contributed by atoms with Gasteiger partial charge in [0, 0.05) is 5.92 Å². The average molecular weight is 431 g/mol. The van der Waals surface area contributed by atoms with Gasteiger partial charge in [-0.1, -0.05) is 78.9 Å². The SMILES string of the molecule is CC(OCc1ccccc1)[C@@H](NC(=O)OCC1c2ccccc2-c2ccccc21)C(=O)O. The molecule has 0 saturated carbocycles. The molecule has 1 aliphatic rings. The van der Waals surface area contributed by atoms with Crippen LogP contribution >= 0.6 is 0 Å². The normalized spacial score (nSPS) is 14.2. The molecule has 0 fully saturated rings. The van der Waals surface area contributed by atoms with Gasteiger partial charge in [-0.3, -0.25) is 0 Å². The quantitative estimate of drug-likeness (QED) is 0.545. The second-order valence-corrected chi connectivity index (χ2v) is 7.79. The Balaban J connectivity index is 1.37. The third-order valence-corrected chi connectivity index (χ3v) is 5.71. The van der Waals surface area contributed by atoms with Crippen molar-refractivity contribution in [1.29, 1.82) is 0 Å². The molecule has 0 aromatic heterocycles. The van der Waals surface area contributed by atoms with Gasteiger partial charge >= 0.3 is 12.1 Å². The highest BCUT2D eigenvalue weighted by molar-refractivity contribution is 5.81. The number of amides is 1. The van der Waals surface area contributed by atoms with Gasteiger partial charge in [0.2, 0.25) is 0 Å². The lowest BCUT2D eigenvalue weighted by molar-refractivity contribution is -0.143. The van der Waals surface area contributed by atoms with E-state index in [2.05, 4.69) is 17.4 Å². The number of carboxylic acids is 1. The molecule has 1 amide bonds. The average Bonchev–Trinajstić information content (AvgIpc) is 3.14. The van der Waals surface area contributed by atoms with Gasteiger partial charge in [-0.15, -0.1) is 0 Å². The van der Waals surface area contributed by atoms with E-state index in [4.69, 9.17) is 9.47 Å². The summed E-state index contributed by atoms with van der Waals surface area (Å²) < 4.78 is 11.1. The largest absolute Gasteiger partial charge is 0.480 e. The number of hydrogen-bond acceptors (Lipinski definition) is 4. The number of carbonyl (C=O) groups excluding carboxylic acids is 1. The first kappa shape index (κ1) is 21.6. The van der Waals surface area contributed by atoms with E-state index in [0.29, 0.717) is 0 Å². The monoisotopic (exact) mass is 431 g/mol. The van der Waals surface area contributed by atoms with Gasteiger partial charge in [-0.25, -0.2) is 9.59 Å². The first-order valence-corrected chi connectivity index (χ1v) is 10.5. The van der Waals surface area contributed by atoms with Crippen molar-refractivity contribution in [3.63, 3.8) is 0 Å². The number of carbonyl (C=O) groups is 2. The molecule has 3 aromatic carbocycles. The molecule has 2 atom stereocenters. The Morgan fingerprint density at radius 1 is 0.906 bits per heavy atom. The lowest BCUT2D eigenvalue weighted by atomic mass is 9.98. The second kappa shape index (κ2) is 9.66. The third-order valence-electron chi connectivity index (χ3n) is 5.71. The number of hydrogen-bond donors (Lipinski definition) is 2. The van der Waals surface area contributed by atoms with Crippen molar-refractivity contribution >= 4 is 12.1 Å². The van der Waals surface area contributed by atoms with Gasteiger partial charge in [0.05, 0.1) is 12.7 Å². The van der Waals surface area contributed by atoms with Gasteiger partial charge in [-0.05, 0) is 34.7 Å². The van der Waals surface area contributed by atoms with Crippen LogP contribution in [0.5, 0.6) is 0 Å². The Morgan fingerprint density at radius 3 is 2.06 bits per heavy atom. The molecule has 3 aromatic rings. The highest BCUT2D eigenvalue weighted by Crippen LogP contribution is 2.44. The lowest BCUT2D eigenvalue weighted by Crippen LogP contribution is -2.48. The number of nitrogens with one attached hydrogen (secondary N) is 1. The summed E-state index contributed by atoms with van der Waals surface area (Å²) in [5.74, 6) is -1.28. The highest BCUT2D eigenvalue weighted by atomic mass is 16.6. The Kier molecular flexibility index (Phi) is 6.52. The van der Waals surface area contributed by atoms with Crippen LogP contribution in [0.1, 0.15) is 29.5 Å². The van der Waals surface area contributed by atoms with Crippen LogP contribution in [-0.4, -0.2) is 35.9 Å². The van der Waals surface area contributed by atoms with Gasteiger partial charge < -0.3 is 19.9 Å². The Hall–Kier alpha value is -3.64. The summed E-state index contributed by atoms with van der Waals surface area (Å²) in [4.78, 5) is 24.2. The smallest absolute Gasteiger partial charge is 0.407 e. The molecule has 0 bridgehead atoms. The number of rotatable bonds is 8. The molecule has 1 unspecified atom stereocenters. The summed E-state index contributed by atoms with van der Waals surface area (Å²) in [5.41, 5.74) is 5.36. The van der Waals surface area contributed by atoms with Crippen molar-refractivity contribution in [3.05, 3.63) is 95.6 Å². The molecular weight excluding hydrogens is 406 g/mol. The fourth-order valence-corrected chi connectivity index (χ4v) is 4.05. The van der Waals surface area contributed by atoms with Crippen LogP contribution < -0.4 is 5.32 Å². The zero-order valence-corrected chi connectivity index (χ0v) is 17.7. The van der Waals surface area contributed by atoms with E-state index in [0.717, 1.165) is 27.8 Å². The third kappa shape index (κ3) is 4.65. The maximum absolute atomic E-state index is 12.5. The Labute approximate surface area is 186 Å². The van der Waals surface area contributed by atoms with Gasteiger partial charge in [0.15, 0.2) is 6.04 Å². The van der Waals surface area contributed by atoms with Crippen molar-refractivity contribution in [1.82, 2.24) is 5.32 Å². The van der Waals surface area contributed by atoms with Crippen molar-refractivity contribution in [3.8, 4) is 11.1 Å². The van der Waals surface area contributed by atoms with Crippen LogP contribution in [0.4, 0.5) is 4.79 Å². The number of benzene rings is 3. The summed E-state index contributed by atoms with van der Waals surface area (Å²) in [6.45, 7) is 1.98. The maximum atomic E-state index is 12.5. The molecule has 1 aliphatic carbocycles. The molecule has 32 heavy (non-hydrogen) atoms. The standard InChI is InChI=1S/C26H25NO5/c1-17(31-15-18-9-3-2-4-10-18)24(25(28)29)27-26(30)32-16-23-21-13-7-5-11-19(21)20-12-6-8-14-22(20)23/h2-14,17,23-24H,15-16H2,1H3,(H,27,30)(H,28,29)/t17?,24-/m1/s1. The minimum atomic E-state index is -1.23. The molecule has 6 heteroatoms. The van der Waals surface area contributed by atoms with Crippen molar-refractivity contribution in [2.45, 2.75) is 31.6 Å². The fraction of sp³-hybridized carbons (Fsp3) is 0.231. The Morgan fingerprint density at radius 2 is 1.47 bits per heavy atom. The van der Waals surface area contributed by atoms with Crippen LogP contribution in [-0.2, 0) is 20.9 Å². The van der Waals surface area contributed by atoms with E-state index in [1.165, 1.54) is 0 Å². The molecule has 164 valence electrons. The van der Waals surface area contributed by atoms with Crippen LogP contribution in [0, 0.1) is 0 Å². The molecule has 4 rings (SSSR count). The zero-order chi connectivity index (χ0) is 22.5. The highest BCUT2D eigenvalue weighted by Gasteiger charge is 2.31. The van der Waals surface area contributed by atoms with E-state index in [-0.39, 0.29) is 19.1 Å². The van der Waals surface area contributed by atoms with Gasteiger partial charge in [0.25, 0.3) is 0 Å². The van der Waals surface area contributed by atoms with Crippen LogP contribution in [0.25, 0.3) is 11.1 Å². The van der Waals surface area contributed by atoms with Crippen molar-refractivity contribution in [2.24, 2.45) is 0 Å². The summed E-state index contributed by atoms with van der Waals surface area (Å²) in [5, 5.41) is 12.0. The number of carboxylic acid groups (broad SMARTS) is 1. The topological polar surface area (TPSA) is 84.9 Å². The predicted molar refractivity (Wildman–Crippen MR) is 120 cm³/mol. The van der Waals surface area contributed by atoms with Gasteiger partial charge in [-0.2, -0.15) is 0 Å². The maximum Gasteiger partial charge on any atom is 0.407 e. The summed E-state index contributed by atoms with van der Waals surface area (Å²) in [6, 6.07) is 24.3. The molecule has 6 nitrogen and oxygen atoms in total. The van der Waals surface area contributed by atoms with Crippen molar-refractivity contribution in [2.75, 3.05) is 6.61 Å². The van der Waals surface area contributed by atoms with E-state index >= 15 is 0 Å². The van der Waals surface area contributed by atoms with Crippen LogP contribution in [0.3, 0.4) is 0 Å².